The summed E-state index contributed by atoms with van der Waals surface area (Å²) in [7, 11) is 0. The molecule has 0 fully saturated rings. The maximum atomic E-state index is 12.1. The second-order valence-corrected chi connectivity index (χ2v) is 5.73. The lowest BCUT2D eigenvalue weighted by Crippen LogP contribution is -2.26. The number of para-hydroxylation sites is 1. The molecule has 0 bridgehead atoms. The number of furan rings is 1. The fourth-order valence-electron chi connectivity index (χ4n) is 2.51. The lowest BCUT2D eigenvalue weighted by molar-refractivity contribution is -0.134. The summed E-state index contributed by atoms with van der Waals surface area (Å²) in [5.41, 5.74) is 2.08. The van der Waals surface area contributed by atoms with E-state index in [9.17, 15) is 9.59 Å². The molecule has 3 rings (SSSR count). The summed E-state index contributed by atoms with van der Waals surface area (Å²) in [4.78, 5) is 23.8. The molecule has 132 valence electrons. The first-order valence-electron chi connectivity index (χ1n) is 8.36. The molecule has 0 aliphatic rings. The molecular weight excluding hydrogens is 330 g/mol. The average Bonchev–Trinajstić information content (AvgIpc) is 3.19. The van der Waals surface area contributed by atoms with Crippen molar-refractivity contribution in [2.75, 3.05) is 6.54 Å². The summed E-state index contributed by atoms with van der Waals surface area (Å²) in [6.45, 7) is 0.180. The summed E-state index contributed by atoms with van der Waals surface area (Å²) in [6, 6.07) is 20.6. The van der Waals surface area contributed by atoms with Gasteiger partial charge in [0.2, 0.25) is 0 Å². The molecule has 0 aliphatic heterocycles. The molecule has 1 amide bonds. The minimum atomic E-state index is -0.398. The first kappa shape index (κ1) is 17.5. The van der Waals surface area contributed by atoms with Gasteiger partial charge in [0.05, 0.1) is 12.7 Å². The van der Waals surface area contributed by atoms with Crippen LogP contribution in [-0.2, 0) is 11.2 Å². The highest BCUT2D eigenvalue weighted by atomic mass is 16.5. The first-order valence-corrected chi connectivity index (χ1v) is 8.36. The Morgan fingerprint density at radius 2 is 1.69 bits per heavy atom. The van der Waals surface area contributed by atoms with Gasteiger partial charge in [-0.2, -0.15) is 0 Å². The zero-order chi connectivity index (χ0) is 18.2. The number of amides is 1. The maximum absolute atomic E-state index is 12.1. The highest BCUT2D eigenvalue weighted by Crippen LogP contribution is 2.21. The molecule has 3 aromatic rings. The topological polar surface area (TPSA) is 68.5 Å². The van der Waals surface area contributed by atoms with Gasteiger partial charge in [0.1, 0.15) is 5.75 Å². The molecular formula is C21H19NO4. The van der Waals surface area contributed by atoms with Crippen LogP contribution < -0.4 is 10.1 Å². The van der Waals surface area contributed by atoms with Crippen LogP contribution in [0.3, 0.4) is 0 Å². The minimum absolute atomic E-state index is 0.0755. The van der Waals surface area contributed by atoms with Crippen LogP contribution in [0.2, 0.25) is 0 Å². The van der Waals surface area contributed by atoms with E-state index < -0.39 is 5.97 Å². The average molecular weight is 349 g/mol. The number of esters is 1. The monoisotopic (exact) mass is 349 g/mol. The van der Waals surface area contributed by atoms with Gasteiger partial charge in [-0.1, -0.05) is 48.5 Å². The molecule has 5 heteroatoms. The van der Waals surface area contributed by atoms with Crippen molar-refractivity contribution in [1.82, 2.24) is 5.32 Å². The SMILES string of the molecule is O=C(CCNC(=O)c1ccco1)Oc1ccccc1Cc1ccccc1. The largest absolute Gasteiger partial charge is 0.459 e. The lowest BCUT2D eigenvalue weighted by atomic mass is 10.0. The highest BCUT2D eigenvalue weighted by Gasteiger charge is 2.12. The van der Waals surface area contributed by atoms with Crippen molar-refractivity contribution in [1.29, 1.82) is 0 Å². The fraction of sp³-hybridized carbons (Fsp3) is 0.143. The molecule has 1 heterocycles. The van der Waals surface area contributed by atoms with Crippen LogP contribution in [0.15, 0.2) is 77.4 Å². The molecule has 0 atom stereocenters. The van der Waals surface area contributed by atoms with Gasteiger partial charge in [-0.3, -0.25) is 9.59 Å². The van der Waals surface area contributed by atoms with Gasteiger partial charge in [-0.15, -0.1) is 0 Å². The molecule has 2 aromatic carbocycles. The Labute approximate surface area is 151 Å². The molecule has 26 heavy (non-hydrogen) atoms. The third kappa shape index (κ3) is 4.83. The van der Waals surface area contributed by atoms with E-state index in [1.54, 1.807) is 18.2 Å². The molecule has 0 unspecified atom stereocenters. The Bertz CT molecular complexity index is 857. The third-order valence-corrected chi connectivity index (χ3v) is 3.79. The van der Waals surface area contributed by atoms with E-state index in [2.05, 4.69) is 5.32 Å². The predicted molar refractivity (Wildman–Crippen MR) is 97.0 cm³/mol. The second kappa shape index (κ2) is 8.67. The van der Waals surface area contributed by atoms with Gasteiger partial charge in [0, 0.05) is 13.0 Å². The number of nitrogens with one attached hydrogen (secondary N) is 1. The first-order chi connectivity index (χ1) is 12.7. The van der Waals surface area contributed by atoms with Crippen molar-refractivity contribution >= 4 is 11.9 Å². The predicted octanol–water partition coefficient (Wildman–Crippen LogP) is 3.60. The maximum Gasteiger partial charge on any atom is 0.312 e. The quantitative estimate of drug-likeness (QED) is 0.523. The van der Waals surface area contributed by atoms with Gasteiger partial charge in [0.25, 0.3) is 5.91 Å². The summed E-state index contributed by atoms with van der Waals surface area (Å²) in [6.07, 6.45) is 2.18. The fourth-order valence-corrected chi connectivity index (χ4v) is 2.51. The number of rotatable bonds is 7. The standard InChI is InChI=1S/C21H19NO4/c23-20(12-13-22-21(24)19-11-6-14-25-19)26-18-10-5-4-9-17(18)15-16-7-2-1-3-8-16/h1-11,14H,12-13,15H2,(H,22,24). The number of carbonyl (C=O) groups excluding carboxylic acids is 2. The Kier molecular flexibility index (Phi) is 5.83. The van der Waals surface area contributed by atoms with Crippen LogP contribution in [-0.4, -0.2) is 18.4 Å². The van der Waals surface area contributed by atoms with Crippen LogP contribution >= 0.6 is 0 Å². The van der Waals surface area contributed by atoms with Gasteiger partial charge < -0.3 is 14.5 Å². The summed E-state index contributed by atoms with van der Waals surface area (Å²) < 4.78 is 10.5. The zero-order valence-corrected chi connectivity index (χ0v) is 14.2. The zero-order valence-electron chi connectivity index (χ0n) is 14.2. The van der Waals surface area contributed by atoms with E-state index in [0.717, 1.165) is 11.1 Å². The van der Waals surface area contributed by atoms with E-state index in [0.29, 0.717) is 12.2 Å². The van der Waals surface area contributed by atoms with Crippen LogP contribution in [0.1, 0.15) is 28.1 Å². The Morgan fingerprint density at radius 3 is 2.46 bits per heavy atom. The molecule has 0 saturated heterocycles. The molecule has 0 saturated carbocycles. The van der Waals surface area contributed by atoms with Crippen molar-refractivity contribution in [2.24, 2.45) is 0 Å². The molecule has 1 N–H and O–H groups in total. The van der Waals surface area contributed by atoms with Crippen LogP contribution in [0.25, 0.3) is 0 Å². The number of ether oxygens (including phenoxy) is 1. The lowest BCUT2D eigenvalue weighted by Gasteiger charge is -2.10. The summed E-state index contributed by atoms with van der Waals surface area (Å²) >= 11 is 0. The smallest absolute Gasteiger partial charge is 0.312 e. The highest BCUT2D eigenvalue weighted by molar-refractivity contribution is 5.91. The Hall–Kier alpha value is -3.34. The van der Waals surface area contributed by atoms with E-state index in [-0.39, 0.29) is 24.6 Å². The van der Waals surface area contributed by atoms with Crippen LogP contribution in [0, 0.1) is 0 Å². The van der Waals surface area contributed by atoms with Gasteiger partial charge >= 0.3 is 5.97 Å². The van der Waals surface area contributed by atoms with E-state index >= 15 is 0 Å². The van der Waals surface area contributed by atoms with Crippen molar-refractivity contribution in [3.63, 3.8) is 0 Å². The van der Waals surface area contributed by atoms with Crippen molar-refractivity contribution in [3.8, 4) is 5.75 Å². The molecule has 0 aliphatic carbocycles. The van der Waals surface area contributed by atoms with Crippen LogP contribution in [0.5, 0.6) is 5.75 Å². The minimum Gasteiger partial charge on any atom is -0.459 e. The van der Waals surface area contributed by atoms with Crippen molar-refractivity contribution in [2.45, 2.75) is 12.8 Å². The molecule has 1 aromatic heterocycles. The summed E-state index contributed by atoms with van der Waals surface area (Å²) in [5, 5.41) is 2.62. The second-order valence-electron chi connectivity index (χ2n) is 5.73. The van der Waals surface area contributed by atoms with E-state index in [1.165, 1.54) is 6.26 Å². The summed E-state index contributed by atoms with van der Waals surface area (Å²) in [5.74, 6) is 0.00261. The third-order valence-electron chi connectivity index (χ3n) is 3.79. The van der Waals surface area contributed by atoms with E-state index in [4.69, 9.17) is 9.15 Å². The number of carbonyl (C=O) groups is 2. The Morgan fingerprint density at radius 1 is 0.923 bits per heavy atom. The number of hydrogen-bond donors (Lipinski definition) is 1. The van der Waals surface area contributed by atoms with Crippen molar-refractivity contribution in [3.05, 3.63) is 89.9 Å². The van der Waals surface area contributed by atoms with Gasteiger partial charge in [0.15, 0.2) is 5.76 Å². The van der Waals surface area contributed by atoms with Crippen LogP contribution in [0.4, 0.5) is 0 Å². The van der Waals surface area contributed by atoms with E-state index in [1.807, 2.05) is 48.5 Å². The van der Waals surface area contributed by atoms with Crippen molar-refractivity contribution < 1.29 is 18.7 Å². The molecule has 0 radical (unpaired) electrons. The van der Waals surface area contributed by atoms with Gasteiger partial charge in [-0.05, 0) is 29.3 Å². The van der Waals surface area contributed by atoms with Gasteiger partial charge in [-0.25, -0.2) is 0 Å². The molecule has 0 spiro atoms. The Balaban J connectivity index is 1.53. The normalized spacial score (nSPS) is 10.3. The molecule has 5 nitrogen and oxygen atoms in total. The number of hydrogen-bond acceptors (Lipinski definition) is 4. The number of benzene rings is 2.